The van der Waals surface area contributed by atoms with Gasteiger partial charge in [0.25, 0.3) is 0 Å². The van der Waals surface area contributed by atoms with Crippen LogP contribution in [0, 0.1) is 23.1 Å². The van der Waals surface area contributed by atoms with Gasteiger partial charge in [-0.1, -0.05) is 18.9 Å². The molecular formula is C15H19FN2. The fourth-order valence-corrected chi connectivity index (χ4v) is 2.73. The first-order valence-electron chi connectivity index (χ1n) is 6.56. The second kappa shape index (κ2) is 5.97. The Morgan fingerprint density at radius 2 is 2.11 bits per heavy atom. The molecule has 0 N–H and O–H groups in total. The van der Waals surface area contributed by atoms with E-state index < -0.39 is 0 Å². The Bertz CT molecular complexity index is 444. The fourth-order valence-electron chi connectivity index (χ4n) is 2.73. The molecule has 0 unspecified atom stereocenters. The Hall–Kier alpha value is -1.40. The highest BCUT2D eigenvalue weighted by molar-refractivity contribution is 5.32. The Kier molecular flexibility index (Phi) is 4.33. The molecule has 1 aliphatic rings. The van der Waals surface area contributed by atoms with Crippen molar-refractivity contribution in [3.05, 3.63) is 35.1 Å². The van der Waals surface area contributed by atoms with Crippen molar-refractivity contribution in [2.24, 2.45) is 5.92 Å². The van der Waals surface area contributed by atoms with E-state index in [0.717, 1.165) is 12.5 Å². The lowest BCUT2D eigenvalue weighted by atomic mass is 10.1. The number of rotatable bonds is 4. The molecule has 1 fully saturated rings. The van der Waals surface area contributed by atoms with Crippen LogP contribution in [0.5, 0.6) is 0 Å². The van der Waals surface area contributed by atoms with E-state index in [1.807, 2.05) is 13.1 Å². The molecule has 18 heavy (non-hydrogen) atoms. The summed E-state index contributed by atoms with van der Waals surface area (Å²) in [6, 6.07) is 6.68. The first-order chi connectivity index (χ1) is 8.69. The predicted octanol–water partition coefficient (Wildman–Crippen LogP) is 3.32. The molecule has 1 aromatic carbocycles. The largest absolute Gasteiger partial charge is 0.302 e. The normalized spacial score (nSPS) is 16.1. The Morgan fingerprint density at radius 3 is 2.72 bits per heavy atom. The molecule has 2 rings (SSSR count). The van der Waals surface area contributed by atoms with E-state index in [9.17, 15) is 4.39 Å². The molecule has 0 aromatic heterocycles. The molecule has 2 nitrogen and oxygen atoms in total. The maximum atomic E-state index is 13.7. The zero-order valence-corrected chi connectivity index (χ0v) is 10.8. The van der Waals surface area contributed by atoms with Gasteiger partial charge in [-0.05, 0) is 37.9 Å². The molecule has 0 atom stereocenters. The zero-order valence-electron chi connectivity index (χ0n) is 10.8. The molecule has 1 aliphatic carbocycles. The van der Waals surface area contributed by atoms with Crippen LogP contribution in [0.2, 0.25) is 0 Å². The van der Waals surface area contributed by atoms with Crippen LogP contribution in [0.15, 0.2) is 18.2 Å². The third-order valence-corrected chi connectivity index (χ3v) is 3.67. The fraction of sp³-hybridized carbons (Fsp3) is 0.533. The number of nitriles is 1. The second-order valence-electron chi connectivity index (χ2n) is 5.27. The smallest absolute Gasteiger partial charge is 0.129 e. The average Bonchev–Trinajstić information content (AvgIpc) is 2.84. The van der Waals surface area contributed by atoms with Crippen molar-refractivity contribution in [1.29, 1.82) is 5.26 Å². The molecule has 1 aromatic rings. The van der Waals surface area contributed by atoms with Gasteiger partial charge >= 0.3 is 0 Å². The van der Waals surface area contributed by atoms with E-state index in [1.165, 1.54) is 31.7 Å². The molecule has 0 amide bonds. The topological polar surface area (TPSA) is 27.0 Å². The first-order valence-corrected chi connectivity index (χ1v) is 6.56. The third kappa shape index (κ3) is 3.30. The Balaban J connectivity index is 1.94. The molecule has 0 heterocycles. The van der Waals surface area contributed by atoms with Crippen LogP contribution in [0.3, 0.4) is 0 Å². The number of hydrogen-bond acceptors (Lipinski definition) is 2. The summed E-state index contributed by atoms with van der Waals surface area (Å²) in [6.45, 7) is 1.66. The van der Waals surface area contributed by atoms with Gasteiger partial charge in [-0.3, -0.25) is 0 Å². The van der Waals surface area contributed by atoms with Crippen LogP contribution in [0.1, 0.15) is 36.8 Å². The van der Waals surface area contributed by atoms with Crippen molar-refractivity contribution in [2.75, 3.05) is 13.6 Å². The molecule has 0 saturated heterocycles. The van der Waals surface area contributed by atoms with E-state index >= 15 is 0 Å². The maximum absolute atomic E-state index is 13.7. The number of nitrogens with zero attached hydrogens (tertiary/aromatic N) is 2. The van der Waals surface area contributed by atoms with Gasteiger partial charge < -0.3 is 4.90 Å². The molecule has 0 bridgehead atoms. The first kappa shape index (κ1) is 13.0. The van der Waals surface area contributed by atoms with Crippen LogP contribution < -0.4 is 0 Å². The minimum atomic E-state index is -0.271. The van der Waals surface area contributed by atoms with Crippen molar-refractivity contribution < 1.29 is 4.39 Å². The van der Waals surface area contributed by atoms with Crippen LogP contribution in [-0.2, 0) is 6.54 Å². The highest BCUT2D eigenvalue weighted by Gasteiger charge is 2.17. The highest BCUT2D eigenvalue weighted by Crippen LogP contribution is 2.25. The van der Waals surface area contributed by atoms with Crippen LogP contribution >= 0.6 is 0 Å². The minimum Gasteiger partial charge on any atom is -0.302 e. The third-order valence-electron chi connectivity index (χ3n) is 3.67. The van der Waals surface area contributed by atoms with Crippen molar-refractivity contribution in [1.82, 2.24) is 4.90 Å². The summed E-state index contributed by atoms with van der Waals surface area (Å²) in [5, 5.41) is 8.70. The number of halogens is 1. The molecule has 3 heteroatoms. The maximum Gasteiger partial charge on any atom is 0.129 e. The van der Waals surface area contributed by atoms with Crippen molar-refractivity contribution >= 4 is 0 Å². The average molecular weight is 246 g/mol. The molecule has 96 valence electrons. The van der Waals surface area contributed by atoms with Gasteiger partial charge in [0, 0.05) is 18.7 Å². The number of benzene rings is 1. The van der Waals surface area contributed by atoms with E-state index in [0.29, 0.717) is 17.7 Å². The van der Waals surface area contributed by atoms with E-state index in [4.69, 9.17) is 5.26 Å². The SMILES string of the molecule is CN(Cc1ccc(C#N)cc1F)CC1CCCC1. The molecule has 1 saturated carbocycles. The lowest BCUT2D eigenvalue weighted by molar-refractivity contribution is 0.268. The molecule has 0 radical (unpaired) electrons. The van der Waals surface area contributed by atoms with Crippen molar-refractivity contribution in [3.8, 4) is 6.07 Å². The Morgan fingerprint density at radius 1 is 1.39 bits per heavy atom. The predicted molar refractivity (Wildman–Crippen MR) is 69.4 cm³/mol. The summed E-state index contributed by atoms with van der Waals surface area (Å²) in [6.07, 6.45) is 5.29. The Labute approximate surface area is 108 Å². The van der Waals surface area contributed by atoms with Crippen molar-refractivity contribution in [2.45, 2.75) is 32.2 Å². The van der Waals surface area contributed by atoms with Crippen LogP contribution in [0.25, 0.3) is 0 Å². The number of hydrogen-bond donors (Lipinski definition) is 0. The monoisotopic (exact) mass is 246 g/mol. The van der Waals surface area contributed by atoms with Gasteiger partial charge in [0.2, 0.25) is 0 Å². The molecular weight excluding hydrogens is 227 g/mol. The van der Waals surface area contributed by atoms with Gasteiger partial charge in [0.15, 0.2) is 0 Å². The second-order valence-corrected chi connectivity index (χ2v) is 5.27. The quantitative estimate of drug-likeness (QED) is 0.815. The van der Waals surface area contributed by atoms with E-state index in [-0.39, 0.29) is 5.82 Å². The summed E-state index contributed by atoms with van der Waals surface area (Å²) in [5.74, 6) is 0.503. The van der Waals surface area contributed by atoms with E-state index in [1.54, 1.807) is 12.1 Å². The van der Waals surface area contributed by atoms with E-state index in [2.05, 4.69) is 4.90 Å². The van der Waals surface area contributed by atoms with Crippen LogP contribution in [0.4, 0.5) is 4.39 Å². The standard InChI is InChI=1S/C15H19FN2/c1-18(10-12-4-2-3-5-12)11-14-7-6-13(9-17)8-15(14)16/h6-8,12H,2-5,10-11H2,1H3. The van der Waals surface area contributed by atoms with Gasteiger partial charge in [-0.2, -0.15) is 5.26 Å². The van der Waals surface area contributed by atoms with Gasteiger partial charge in [-0.25, -0.2) is 4.39 Å². The van der Waals surface area contributed by atoms with Gasteiger partial charge in [-0.15, -0.1) is 0 Å². The molecule has 0 spiro atoms. The summed E-state index contributed by atoms with van der Waals surface area (Å²) in [4.78, 5) is 2.18. The summed E-state index contributed by atoms with van der Waals surface area (Å²) in [7, 11) is 2.04. The van der Waals surface area contributed by atoms with Gasteiger partial charge in [0.05, 0.1) is 11.6 Å². The van der Waals surface area contributed by atoms with Crippen LogP contribution in [-0.4, -0.2) is 18.5 Å². The summed E-state index contributed by atoms with van der Waals surface area (Å²) >= 11 is 0. The highest BCUT2D eigenvalue weighted by atomic mass is 19.1. The van der Waals surface area contributed by atoms with Crippen molar-refractivity contribution in [3.63, 3.8) is 0 Å². The molecule has 0 aliphatic heterocycles. The lowest BCUT2D eigenvalue weighted by Crippen LogP contribution is -2.24. The minimum absolute atomic E-state index is 0.271. The summed E-state index contributed by atoms with van der Waals surface area (Å²) < 4.78 is 13.7. The summed E-state index contributed by atoms with van der Waals surface area (Å²) in [5.41, 5.74) is 1.06. The lowest BCUT2D eigenvalue weighted by Gasteiger charge is -2.21. The van der Waals surface area contributed by atoms with Gasteiger partial charge in [0.1, 0.15) is 5.82 Å². The zero-order chi connectivity index (χ0) is 13.0.